The van der Waals surface area contributed by atoms with E-state index in [2.05, 4.69) is 13.2 Å². The molecule has 234 valence electrons. The summed E-state index contributed by atoms with van der Waals surface area (Å²) in [5.41, 5.74) is -0.736. The van der Waals surface area contributed by atoms with Crippen LogP contribution >= 0.6 is 0 Å². The number of amides is 3. The number of carbonyl (C=O) groups excluding carboxylic acids is 3. The zero-order chi connectivity index (χ0) is 31.9. The van der Waals surface area contributed by atoms with Crippen molar-refractivity contribution in [3.63, 3.8) is 0 Å². The van der Waals surface area contributed by atoms with Crippen LogP contribution in [-0.4, -0.2) is 76.6 Å². The zero-order valence-corrected chi connectivity index (χ0v) is 26.0. The second-order valence-corrected chi connectivity index (χ2v) is 12.5. The minimum atomic E-state index is -1.24. The first-order valence-electron chi connectivity index (χ1n) is 15.7. The molecule has 2 unspecified atom stereocenters. The van der Waals surface area contributed by atoms with Crippen LogP contribution in [0.3, 0.4) is 0 Å². The van der Waals surface area contributed by atoms with Crippen LogP contribution in [0.2, 0.25) is 0 Å². The molecule has 2 bridgehead atoms. The molecule has 3 aromatic rings. The SMILES string of the molecule is C=CCN(C)C(=O)[C@H]1[C@H]2C(=O)N([C@H](CO)c3ccccc3)C(C(=O)N(CC=C)c3ccc4ccccc4c3)C23CC[C@]1(CC)O3. The number of hydrogen-bond donors (Lipinski definition) is 1. The van der Waals surface area contributed by atoms with E-state index >= 15 is 4.79 Å². The lowest BCUT2D eigenvalue weighted by molar-refractivity contribution is -0.153. The monoisotopic (exact) mass is 607 g/mol. The highest BCUT2D eigenvalue weighted by Gasteiger charge is 2.79. The summed E-state index contributed by atoms with van der Waals surface area (Å²) in [6, 6.07) is 21.1. The number of fused-ring (bicyclic) bond motifs is 2. The normalized spacial score (nSPS) is 27.3. The molecule has 1 spiro atoms. The van der Waals surface area contributed by atoms with Crippen molar-refractivity contribution < 1.29 is 24.2 Å². The van der Waals surface area contributed by atoms with Crippen molar-refractivity contribution in [2.75, 3.05) is 31.6 Å². The molecule has 8 heteroatoms. The summed E-state index contributed by atoms with van der Waals surface area (Å²) in [4.78, 5) is 48.9. The van der Waals surface area contributed by atoms with Gasteiger partial charge in [-0.05, 0) is 47.7 Å². The number of carbonyl (C=O) groups is 3. The number of nitrogens with zero attached hydrogens (tertiary/aromatic N) is 3. The van der Waals surface area contributed by atoms with E-state index in [1.54, 1.807) is 29.0 Å². The molecule has 3 aromatic carbocycles. The molecule has 0 aliphatic carbocycles. The summed E-state index contributed by atoms with van der Waals surface area (Å²) >= 11 is 0. The van der Waals surface area contributed by atoms with Crippen LogP contribution in [0.15, 0.2) is 98.1 Å². The van der Waals surface area contributed by atoms with Gasteiger partial charge in [0.2, 0.25) is 11.8 Å². The van der Waals surface area contributed by atoms with Gasteiger partial charge in [-0.3, -0.25) is 14.4 Å². The van der Waals surface area contributed by atoms with Crippen LogP contribution in [0.25, 0.3) is 10.8 Å². The van der Waals surface area contributed by atoms with Gasteiger partial charge in [0.15, 0.2) is 0 Å². The lowest BCUT2D eigenvalue weighted by atomic mass is 9.64. The van der Waals surface area contributed by atoms with Gasteiger partial charge in [-0.25, -0.2) is 0 Å². The number of benzene rings is 3. The highest BCUT2D eigenvalue weighted by Crippen LogP contribution is 2.65. The molecule has 0 radical (unpaired) electrons. The topological polar surface area (TPSA) is 90.4 Å². The minimum absolute atomic E-state index is 0.192. The van der Waals surface area contributed by atoms with E-state index in [1.165, 1.54) is 4.90 Å². The predicted molar refractivity (Wildman–Crippen MR) is 174 cm³/mol. The third kappa shape index (κ3) is 4.70. The third-order valence-corrected chi connectivity index (χ3v) is 10.2. The Balaban J connectivity index is 1.52. The van der Waals surface area contributed by atoms with E-state index in [9.17, 15) is 14.7 Å². The molecule has 3 aliphatic heterocycles. The first-order valence-corrected chi connectivity index (χ1v) is 15.7. The van der Waals surface area contributed by atoms with Crippen LogP contribution in [0.4, 0.5) is 5.69 Å². The van der Waals surface area contributed by atoms with E-state index < -0.39 is 41.7 Å². The molecule has 1 N–H and O–H groups in total. The number of likely N-dealkylation sites (tertiary alicyclic amines) is 1. The number of hydrogen-bond acceptors (Lipinski definition) is 5. The number of rotatable bonds is 11. The van der Waals surface area contributed by atoms with Crippen molar-refractivity contribution >= 4 is 34.2 Å². The van der Waals surface area contributed by atoms with Gasteiger partial charge in [0.05, 0.1) is 30.1 Å². The summed E-state index contributed by atoms with van der Waals surface area (Å²) in [6.07, 6.45) is 4.85. The molecule has 45 heavy (non-hydrogen) atoms. The number of aliphatic hydroxyl groups excluding tert-OH is 1. The maximum absolute atomic E-state index is 15.1. The lowest BCUT2D eigenvalue weighted by Gasteiger charge is -2.39. The Bertz CT molecular complexity index is 1640. The third-order valence-electron chi connectivity index (χ3n) is 10.2. The Kier molecular flexibility index (Phi) is 8.14. The van der Waals surface area contributed by atoms with Crippen molar-refractivity contribution in [1.82, 2.24) is 9.80 Å². The quantitative estimate of drug-likeness (QED) is 0.314. The van der Waals surface area contributed by atoms with E-state index in [-0.39, 0.29) is 24.3 Å². The van der Waals surface area contributed by atoms with E-state index in [1.807, 2.05) is 79.7 Å². The highest BCUT2D eigenvalue weighted by molar-refractivity contribution is 6.06. The summed E-state index contributed by atoms with van der Waals surface area (Å²) in [7, 11) is 1.71. The minimum Gasteiger partial charge on any atom is -0.394 e. The van der Waals surface area contributed by atoms with Gasteiger partial charge in [-0.2, -0.15) is 0 Å². The largest absolute Gasteiger partial charge is 0.394 e. The Morgan fingerprint density at radius 1 is 1.00 bits per heavy atom. The molecular weight excluding hydrogens is 566 g/mol. The Labute approximate surface area is 264 Å². The highest BCUT2D eigenvalue weighted by atomic mass is 16.5. The van der Waals surface area contributed by atoms with Crippen molar-refractivity contribution in [2.45, 2.75) is 49.5 Å². The van der Waals surface area contributed by atoms with Gasteiger partial charge in [0, 0.05) is 25.8 Å². The van der Waals surface area contributed by atoms with E-state index in [0.29, 0.717) is 37.1 Å². The van der Waals surface area contributed by atoms with Crippen LogP contribution in [-0.2, 0) is 19.1 Å². The fraction of sp³-hybridized carbons (Fsp3) is 0.378. The van der Waals surface area contributed by atoms with Gasteiger partial charge in [-0.15, -0.1) is 13.2 Å². The van der Waals surface area contributed by atoms with Crippen LogP contribution in [0.1, 0.15) is 37.8 Å². The number of likely N-dealkylation sites (N-methyl/N-ethyl adjacent to an activating group) is 1. The molecule has 3 fully saturated rings. The van der Waals surface area contributed by atoms with Crippen molar-refractivity contribution in [2.24, 2.45) is 11.8 Å². The average Bonchev–Trinajstić information content (AvgIpc) is 3.67. The first kappa shape index (κ1) is 30.7. The van der Waals surface area contributed by atoms with Crippen molar-refractivity contribution in [1.29, 1.82) is 0 Å². The van der Waals surface area contributed by atoms with E-state index in [0.717, 1.165) is 10.8 Å². The molecule has 3 saturated heterocycles. The number of anilines is 1. The van der Waals surface area contributed by atoms with Gasteiger partial charge < -0.3 is 24.5 Å². The molecule has 3 amide bonds. The summed E-state index contributed by atoms with van der Waals surface area (Å²) in [5, 5.41) is 12.9. The number of ether oxygens (including phenoxy) is 1. The average molecular weight is 608 g/mol. The second kappa shape index (κ2) is 11.9. The Morgan fingerprint density at radius 2 is 1.69 bits per heavy atom. The number of aliphatic hydroxyl groups is 1. The lowest BCUT2D eigenvalue weighted by Crippen LogP contribution is -2.57. The first-order chi connectivity index (χ1) is 21.8. The summed E-state index contributed by atoms with van der Waals surface area (Å²) < 4.78 is 6.99. The fourth-order valence-electron chi connectivity index (χ4n) is 8.14. The molecular formula is C37H41N3O5. The summed E-state index contributed by atoms with van der Waals surface area (Å²) in [5.74, 6) is -2.50. The van der Waals surface area contributed by atoms with Gasteiger partial charge in [0.1, 0.15) is 11.6 Å². The van der Waals surface area contributed by atoms with Gasteiger partial charge in [-0.1, -0.05) is 79.7 Å². The van der Waals surface area contributed by atoms with Gasteiger partial charge >= 0.3 is 0 Å². The molecule has 8 nitrogen and oxygen atoms in total. The molecule has 3 heterocycles. The zero-order valence-electron chi connectivity index (χ0n) is 26.0. The summed E-state index contributed by atoms with van der Waals surface area (Å²) in [6.45, 7) is 9.84. The fourth-order valence-corrected chi connectivity index (χ4v) is 8.14. The van der Waals surface area contributed by atoms with Crippen molar-refractivity contribution in [3.8, 4) is 0 Å². The van der Waals surface area contributed by atoms with Crippen molar-refractivity contribution in [3.05, 3.63) is 104 Å². The molecule has 3 aliphatic rings. The van der Waals surface area contributed by atoms with E-state index in [4.69, 9.17) is 4.74 Å². The molecule has 0 saturated carbocycles. The van der Waals surface area contributed by atoms with Crippen LogP contribution in [0.5, 0.6) is 0 Å². The standard InChI is InChI=1S/C37H41N3O5/c1-5-21-38(4)33(42)30-31-34(43)40(29(24-41)26-14-9-8-10-15-26)32(37(31)20-19-36(30,7-3)45-37)35(44)39(22-6-2)28-18-17-25-13-11-12-16-27(25)23-28/h5-6,8-18,23,29-32,41H,1-2,7,19-22,24H2,3-4H3/t29-,30-,31+,32?,36+,37?/m1/s1. The second-order valence-electron chi connectivity index (χ2n) is 12.5. The molecule has 0 aromatic heterocycles. The molecule has 6 atom stereocenters. The molecule has 6 rings (SSSR count). The predicted octanol–water partition coefficient (Wildman–Crippen LogP) is 4.89. The van der Waals surface area contributed by atoms with Crippen LogP contribution in [0, 0.1) is 11.8 Å². The maximum atomic E-state index is 15.1. The smallest absolute Gasteiger partial charge is 0.253 e. The van der Waals surface area contributed by atoms with Crippen LogP contribution < -0.4 is 4.90 Å². The Morgan fingerprint density at radius 3 is 2.36 bits per heavy atom. The maximum Gasteiger partial charge on any atom is 0.253 e. The van der Waals surface area contributed by atoms with Gasteiger partial charge in [0.25, 0.3) is 5.91 Å². The Hall–Kier alpha value is -4.27.